The van der Waals surface area contributed by atoms with Gasteiger partial charge >= 0.3 is 0 Å². The van der Waals surface area contributed by atoms with Crippen molar-refractivity contribution < 1.29 is 18.4 Å². The van der Waals surface area contributed by atoms with Gasteiger partial charge in [0.25, 0.3) is 11.8 Å². The molecule has 0 fully saturated rings. The highest BCUT2D eigenvalue weighted by atomic mass is 19.2. The molecule has 0 aliphatic carbocycles. The number of hydrogen-bond acceptors (Lipinski definition) is 2. The van der Waals surface area contributed by atoms with E-state index in [0.717, 1.165) is 12.1 Å². The summed E-state index contributed by atoms with van der Waals surface area (Å²) in [5, 5.41) is 1.88. The molecule has 0 atom stereocenters. The van der Waals surface area contributed by atoms with Crippen LogP contribution < -0.4 is 5.32 Å². The maximum atomic E-state index is 13.1. The number of amides is 2. The van der Waals surface area contributed by atoms with Gasteiger partial charge in [-0.15, -0.1) is 0 Å². The second-order valence-corrected chi connectivity index (χ2v) is 3.16. The van der Waals surface area contributed by atoms with Crippen molar-refractivity contribution in [3.8, 4) is 0 Å². The van der Waals surface area contributed by atoms with Gasteiger partial charge in [0.2, 0.25) is 0 Å². The van der Waals surface area contributed by atoms with Gasteiger partial charge in [0.05, 0.1) is 5.56 Å². The molecule has 84 valence electrons. The monoisotopic (exact) mass is 225 g/mol. The van der Waals surface area contributed by atoms with E-state index in [0.29, 0.717) is 0 Å². The average Bonchev–Trinajstić information content (AvgIpc) is 2.21. The van der Waals surface area contributed by atoms with Crippen molar-refractivity contribution in [1.29, 1.82) is 0 Å². The Labute approximate surface area is 90.8 Å². The van der Waals surface area contributed by atoms with Crippen LogP contribution in [0.5, 0.6) is 0 Å². The summed E-state index contributed by atoms with van der Waals surface area (Å²) in [6.07, 6.45) is 0. The number of nitrogens with one attached hydrogen (secondary N) is 1. The summed E-state index contributed by atoms with van der Waals surface area (Å²) in [4.78, 5) is 22.4. The van der Waals surface area contributed by atoms with Gasteiger partial charge in [-0.25, -0.2) is 8.78 Å². The van der Waals surface area contributed by atoms with Crippen LogP contribution in [0.25, 0.3) is 0 Å². The van der Waals surface area contributed by atoms with Crippen molar-refractivity contribution in [2.24, 2.45) is 0 Å². The fraction of sp³-hybridized carbons (Fsp3) is 0.0909. The first-order valence-electron chi connectivity index (χ1n) is 4.38. The molecule has 0 aromatic heterocycles. The molecule has 0 aliphatic heterocycles. The summed E-state index contributed by atoms with van der Waals surface area (Å²) in [5.74, 6) is -4.15. The first-order chi connectivity index (χ1) is 7.43. The van der Waals surface area contributed by atoms with E-state index in [-0.39, 0.29) is 5.57 Å². The van der Waals surface area contributed by atoms with E-state index in [1.54, 1.807) is 0 Å². The van der Waals surface area contributed by atoms with Crippen LogP contribution in [-0.2, 0) is 4.79 Å². The molecule has 0 heterocycles. The van der Waals surface area contributed by atoms with Gasteiger partial charge in [-0.2, -0.15) is 0 Å². The van der Waals surface area contributed by atoms with E-state index >= 15 is 0 Å². The van der Waals surface area contributed by atoms with E-state index in [1.807, 2.05) is 5.32 Å². The Kier molecular flexibility index (Phi) is 3.50. The van der Waals surface area contributed by atoms with Crippen LogP contribution in [0, 0.1) is 11.6 Å². The SMILES string of the molecule is C=C(C)C(=O)NC(=O)c1cccc(F)c1F. The van der Waals surface area contributed by atoms with Crippen LogP contribution >= 0.6 is 0 Å². The lowest BCUT2D eigenvalue weighted by molar-refractivity contribution is -0.116. The molecule has 0 bridgehead atoms. The quantitative estimate of drug-likeness (QED) is 0.780. The number of hydrogen-bond donors (Lipinski definition) is 1. The molecule has 0 spiro atoms. The normalized spacial score (nSPS) is 9.69. The van der Waals surface area contributed by atoms with Crippen LogP contribution in [0.3, 0.4) is 0 Å². The Bertz CT molecular complexity index is 469. The lowest BCUT2D eigenvalue weighted by Gasteiger charge is -2.04. The van der Waals surface area contributed by atoms with Crippen molar-refractivity contribution in [2.75, 3.05) is 0 Å². The van der Waals surface area contributed by atoms with Gasteiger partial charge in [-0.1, -0.05) is 12.6 Å². The molecule has 0 saturated carbocycles. The zero-order chi connectivity index (χ0) is 12.3. The molecule has 1 aromatic carbocycles. The first kappa shape index (κ1) is 12.0. The van der Waals surface area contributed by atoms with Gasteiger partial charge in [0.15, 0.2) is 11.6 Å². The van der Waals surface area contributed by atoms with E-state index in [4.69, 9.17) is 0 Å². The first-order valence-corrected chi connectivity index (χ1v) is 4.38. The lowest BCUT2D eigenvalue weighted by Crippen LogP contribution is -2.31. The Morgan fingerprint density at radius 1 is 1.31 bits per heavy atom. The highest BCUT2D eigenvalue weighted by Crippen LogP contribution is 2.11. The summed E-state index contributed by atoms with van der Waals surface area (Å²) in [5.41, 5.74) is -0.417. The molecule has 1 N–H and O–H groups in total. The molecule has 16 heavy (non-hydrogen) atoms. The summed E-state index contributed by atoms with van der Waals surface area (Å²) in [6.45, 7) is 4.70. The second kappa shape index (κ2) is 4.65. The molecule has 2 amide bonds. The molecule has 0 saturated heterocycles. The summed E-state index contributed by atoms with van der Waals surface area (Å²) in [7, 11) is 0. The number of rotatable bonds is 2. The van der Waals surface area contributed by atoms with Crippen LogP contribution in [0.1, 0.15) is 17.3 Å². The Hall–Kier alpha value is -2.04. The Balaban J connectivity index is 2.94. The average molecular weight is 225 g/mol. The Morgan fingerprint density at radius 2 is 1.94 bits per heavy atom. The third kappa shape index (κ3) is 2.50. The minimum Gasteiger partial charge on any atom is -0.288 e. The van der Waals surface area contributed by atoms with Gasteiger partial charge in [-0.3, -0.25) is 14.9 Å². The topological polar surface area (TPSA) is 46.2 Å². The number of carbonyl (C=O) groups is 2. The highest BCUT2D eigenvalue weighted by Gasteiger charge is 2.17. The molecule has 1 rings (SSSR count). The smallest absolute Gasteiger partial charge is 0.261 e. The summed E-state index contributed by atoms with van der Waals surface area (Å²) >= 11 is 0. The Morgan fingerprint density at radius 3 is 2.50 bits per heavy atom. The predicted molar refractivity (Wildman–Crippen MR) is 53.6 cm³/mol. The maximum absolute atomic E-state index is 13.1. The minimum absolute atomic E-state index is 0.102. The van der Waals surface area contributed by atoms with Crippen LogP contribution in [0.15, 0.2) is 30.4 Å². The van der Waals surface area contributed by atoms with Crippen molar-refractivity contribution in [3.63, 3.8) is 0 Å². The lowest BCUT2D eigenvalue weighted by atomic mass is 10.2. The van der Waals surface area contributed by atoms with E-state index in [9.17, 15) is 18.4 Å². The third-order valence-corrected chi connectivity index (χ3v) is 1.81. The van der Waals surface area contributed by atoms with Crippen LogP contribution in [0.4, 0.5) is 8.78 Å². The van der Waals surface area contributed by atoms with E-state index in [1.165, 1.54) is 13.0 Å². The fourth-order valence-corrected chi connectivity index (χ4v) is 0.956. The summed E-state index contributed by atoms with van der Waals surface area (Å²) < 4.78 is 25.9. The molecule has 3 nitrogen and oxygen atoms in total. The zero-order valence-corrected chi connectivity index (χ0v) is 8.51. The molecular formula is C11H9F2NO2. The number of benzene rings is 1. The number of carbonyl (C=O) groups excluding carboxylic acids is 2. The van der Waals surface area contributed by atoms with Crippen molar-refractivity contribution >= 4 is 11.8 Å². The number of halogens is 2. The van der Waals surface area contributed by atoms with Gasteiger partial charge in [0, 0.05) is 5.57 Å². The van der Waals surface area contributed by atoms with Gasteiger partial charge in [0.1, 0.15) is 0 Å². The van der Waals surface area contributed by atoms with Crippen LogP contribution in [0.2, 0.25) is 0 Å². The molecule has 1 aromatic rings. The van der Waals surface area contributed by atoms with Crippen molar-refractivity contribution in [1.82, 2.24) is 5.32 Å². The summed E-state index contributed by atoms with van der Waals surface area (Å²) in [6, 6.07) is 3.14. The third-order valence-electron chi connectivity index (χ3n) is 1.81. The zero-order valence-electron chi connectivity index (χ0n) is 8.51. The maximum Gasteiger partial charge on any atom is 0.261 e. The van der Waals surface area contributed by atoms with E-state index < -0.39 is 29.0 Å². The molecule has 5 heteroatoms. The van der Waals surface area contributed by atoms with Crippen molar-refractivity contribution in [2.45, 2.75) is 6.92 Å². The fourth-order valence-electron chi connectivity index (χ4n) is 0.956. The molecule has 0 unspecified atom stereocenters. The largest absolute Gasteiger partial charge is 0.288 e. The van der Waals surface area contributed by atoms with E-state index in [2.05, 4.69) is 6.58 Å². The standard InChI is InChI=1S/C11H9F2NO2/c1-6(2)10(15)14-11(16)7-4-3-5-8(12)9(7)13/h3-5H,1H2,2H3,(H,14,15,16). The minimum atomic E-state index is -1.28. The molecule has 0 radical (unpaired) electrons. The van der Waals surface area contributed by atoms with Crippen molar-refractivity contribution in [3.05, 3.63) is 47.5 Å². The number of imide groups is 1. The van der Waals surface area contributed by atoms with Gasteiger partial charge < -0.3 is 0 Å². The van der Waals surface area contributed by atoms with Crippen LogP contribution in [-0.4, -0.2) is 11.8 Å². The predicted octanol–water partition coefficient (Wildman–Crippen LogP) is 1.80. The van der Waals surface area contributed by atoms with Gasteiger partial charge in [-0.05, 0) is 19.1 Å². The second-order valence-electron chi connectivity index (χ2n) is 3.16. The highest BCUT2D eigenvalue weighted by molar-refractivity contribution is 6.09. The molecule has 0 aliphatic rings. The molecular weight excluding hydrogens is 216 g/mol.